The van der Waals surface area contributed by atoms with Crippen molar-refractivity contribution in [3.05, 3.63) is 82.8 Å². The number of amides is 1. The summed E-state index contributed by atoms with van der Waals surface area (Å²) in [5.74, 6) is 1.25. The van der Waals surface area contributed by atoms with Gasteiger partial charge in [0.1, 0.15) is 5.75 Å². The average Bonchev–Trinajstić information content (AvgIpc) is 3.62. The molecule has 0 atom stereocenters. The molecule has 1 heterocycles. The van der Waals surface area contributed by atoms with Crippen LogP contribution < -0.4 is 15.7 Å². The lowest BCUT2D eigenvalue weighted by atomic mass is 10.0. The fourth-order valence-corrected chi connectivity index (χ4v) is 3.96. The second kappa shape index (κ2) is 8.34. The Hall–Kier alpha value is -3.87. The van der Waals surface area contributed by atoms with Crippen LogP contribution in [0.4, 0.5) is 0 Å². The van der Waals surface area contributed by atoms with E-state index in [2.05, 4.69) is 10.4 Å². The van der Waals surface area contributed by atoms with E-state index in [1.807, 2.05) is 66.7 Å². The van der Waals surface area contributed by atoms with Crippen LogP contribution in [0.1, 0.15) is 29.2 Å². The van der Waals surface area contributed by atoms with Gasteiger partial charge in [-0.1, -0.05) is 36.4 Å². The minimum Gasteiger partial charge on any atom is -0.497 e. The second-order valence-electron chi connectivity index (χ2n) is 7.94. The van der Waals surface area contributed by atoms with Crippen LogP contribution in [0.3, 0.4) is 0 Å². The lowest BCUT2D eigenvalue weighted by molar-refractivity contribution is 0.0953. The summed E-state index contributed by atoms with van der Waals surface area (Å²) in [4.78, 5) is 25.8. The van der Waals surface area contributed by atoms with Gasteiger partial charge in [-0.05, 0) is 53.9 Å². The van der Waals surface area contributed by atoms with E-state index in [9.17, 15) is 9.59 Å². The van der Waals surface area contributed by atoms with E-state index in [0.717, 1.165) is 34.9 Å². The Balaban J connectivity index is 1.34. The molecule has 3 aromatic carbocycles. The predicted octanol–water partition coefficient (Wildman–Crippen LogP) is 3.64. The number of ether oxygens (including phenoxy) is 1. The van der Waals surface area contributed by atoms with Gasteiger partial charge in [-0.2, -0.15) is 0 Å². The molecule has 1 saturated carbocycles. The van der Waals surface area contributed by atoms with E-state index < -0.39 is 0 Å². The number of fused-ring (bicyclic) bond motifs is 1. The van der Waals surface area contributed by atoms with Crippen LogP contribution >= 0.6 is 0 Å². The lowest BCUT2D eigenvalue weighted by Gasteiger charge is -2.08. The molecule has 0 radical (unpaired) electrons. The first-order valence-corrected chi connectivity index (χ1v) is 10.8. The predicted molar refractivity (Wildman–Crippen MR) is 123 cm³/mol. The maximum atomic E-state index is 13.0. The van der Waals surface area contributed by atoms with Crippen molar-refractivity contribution in [1.29, 1.82) is 0 Å². The number of carbonyl (C=O) groups excluding carboxylic acids is 1. The average molecular weight is 428 g/mol. The van der Waals surface area contributed by atoms with Gasteiger partial charge in [-0.3, -0.25) is 9.36 Å². The van der Waals surface area contributed by atoms with Crippen molar-refractivity contribution in [1.82, 2.24) is 19.7 Å². The Bertz CT molecular complexity index is 1330. The summed E-state index contributed by atoms with van der Waals surface area (Å²) in [6.07, 6.45) is 1.96. The Labute approximate surface area is 185 Å². The van der Waals surface area contributed by atoms with Gasteiger partial charge < -0.3 is 10.1 Å². The molecule has 1 amide bonds. The van der Waals surface area contributed by atoms with Crippen LogP contribution in [0.15, 0.2) is 71.5 Å². The van der Waals surface area contributed by atoms with Gasteiger partial charge in [-0.25, -0.2) is 9.48 Å². The largest absolute Gasteiger partial charge is 0.497 e. The summed E-state index contributed by atoms with van der Waals surface area (Å²) in [5, 5.41) is 9.45. The molecule has 7 nitrogen and oxygen atoms in total. The molecule has 5 rings (SSSR count). The smallest absolute Gasteiger partial charge is 0.346 e. The summed E-state index contributed by atoms with van der Waals surface area (Å²) in [5.41, 5.74) is 1.35. The van der Waals surface area contributed by atoms with E-state index in [-0.39, 0.29) is 17.6 Å². The first-order valence-electron chi connectivity index (χ1n) is 10.8. The number of hydrogen-bond acceptors (Lipinski definition) is 4. The van der Waals surface area contributed by atoms with Gasteiger partial charge >= 0.3 is 5.69 Å². The molecule has 162 valence electrons. The molecule has 1 aliphatic rings. The Morgan fingerprint density at radius 1 is 1.06 bits per heavy atom. The van der Waals surface area contributed by atoms with Crippen molar-refractivity contribution in [2.45, 2.75) is 25.4 Å². The molecule has 1 aromatic heterocycles. The monoisotopic (exact) mass is 428 g/mol. The Morgan fingerprint density at radius 2 is 1.81 bits per heavy atom. The molecule has 0 bridgehead atoms. The van der Waals surface area contributed by atoms with Crippen molar-refractivity contribution in [3.63, 3.8) is 0 Å². The molecule has 0 unspecified atom stereocenters. The van der Waals surface area contributed by atoms with Gasteiger partial charge in [0.2, 0.25) is 0 Å². The number of methoxy groups -OCH3 is 1. The standard InChI is InChI=1S/C25H24N4O3/c1-32-20-13-9-18(10-14-20)23-27-28(25(31)29(23)19-11-12-19)16-15-26-24(30)22-8-4-6-17-5-2-3-7-21(17)22/h2-10,13-14,19H,11-12,15-16H2,1H3,(H,26,30). The third kappa shape index (κ3) is 3.77. The zero-order chi connectivity index (χ0) is 22.1. The van der Waals surface area contributed by atoms with Crippen molar-refractivity contribution in [2.75, 3.05) is 13.7 Å². The molecular weight excluding hydrogens is 404 g/mol. The highest BCUT2D eigenvalue weighted by atomic mass is 16.5. The van der Waals surface area contributed by atoms with Crippen molar-refractivity contribution < 1.29 is 9.53 Å². The highest BCUT2D eigenvalue weighted by Crippen LogP contribution is 2.36. The van der Waals surface area contributed by atoms with Crippen LogP contribution in [0.5, 0.6) is 5.75 Å². The van der Waals surface area contributed by atoms with Gasteiger partial charge in [-0.15, -0.1) is 5.10 Å². The van der Waals surface area contributed by atoms with E-state index >= 15 is 0 Å². The lowest BCUT2D eigenvalue weighted by Crippen LogP contribution is -2.32. The van der Waals surface area contributed by atoms with Gasteiger partial charge in [0.15, 0.2) is 5.82 Å². The van der Waals surface area contributed by atoms with Crippen molar-refractivity contribution in [3.8, 4) is 17.1 Å². The molecule has 0 spiro atoms. The van der Waals surface area contributed by atoms with E-state index in [1.54, 1.807) is 11.7 Å². The van der Waals surface area contributed by atoms with Crippen LogP contribution in [0, 0.1) is 0 Å². The van der Waals surface area contributed by atoms with Gasteiger partial charge in [0.25, 0.3) is 5.91 Å². The van der Waals surface area contributed by atoms with E-state index in [4.69, 9.17) is 4.74 Å². The zero-order valence-corrected chi connectivity index (χ0v) is 17.8. The minimum absolute atomic E-state index is 0.141. The van der Waals surface area contributed by atoms with Crippen molar-refractivity contribution in [2.24, 2.45) is 0 Å². The number of hydrogen-bond donors (Lipinski definition) is 1. The number of benzene rings is 3. The Morgan fingerprint density at radius 3 is 2.56 bits per heavy atom. The number of carbonyl (C=O) groups is 1. The summed E-state index contributed by atoms with van der Waals surface area (Å²) < 4.78 is 8.45. The van der Waals surface area contributed by atoms with Gasteiger partial charge in [0.05, 0.1) is 13.7 Å². The zero-order valence-electron chi connectivity index (χ0n) is 17.8. The highest BCUT2D eigenvalue weighted by molar-refractivity contribution is 6.06. The maximum Gasteiger partial charge on any atom is 0.346 e. The van der Waals surface area contributed by atoms with Crippen molar-refractivity contribution >= 4 is 16.7 Å². The SMILES string of the molecule is COc1ccc(-c2nn(CCNC(=O)c3cccc4ccccc34)c(=O)n2C2CC2)cc1. The fraction of sp³-hybridized carbons (Fsp3) is 0.240. The molecule has 7 heteroatoms. The minimum atomic E-state index is -0.160. The maximum absolute atomic E-state index is 13.0. The third-order valence-corrected chi connectivity index (χ3v) is 5.77. The number of nitrogens with zero attached hydrogens (tertiary/aromatic N) is 3. The van der Waals surface area contributed by atoms with Crippen LogP contribution in [0.25, 0.3) is 22.2 Å². The van der Waals surface area contributed by atoms with Crippen LogP contribution in [-0.4, -0.2) is 33.9 Å². The van der Waals surface area contributed by atoms with Crippen LogP contribution in [-0.2, 0) is 6.54 Å². The number of aromatic nitrogens is 3. The second-order valence-corrected chi connectivity index (χ2v) is 7.94. The summed E-state index contributed by atoms with van der Waals surface area (Å²) in [6, 6.07) is 21.2. The first kappa shape index (κ1) is 20.1. The number of rotatable bonds is 7. The van der Waals surface area contributed by atoms with E-state index in [1.165, 1.54) is 4.68 Å². The van der Waals surface area contributed by atoms with E-state index in [0.29, 0.717) is 24.5 Å². The van der Waals surface area contributed by atoms with Crippen LogP contribution in [0.2, 0.25) is 0 Å². The molecule has 32 heavy (non-hydrogen) atoms. The Kier molecular flexibility index (Phi) is 5.23. The molecule has 1 fully saturated rings. The quantitative estimate of drug-likeness (QED) is 0.488. The normalized spacial score (nSPS) is 13.3. The fourth-order valence-electron chi connectivity index (χ4n) is 3.96. The highest BCUT2D eigenvalue weighted by Gasteiger charge is 2.30. The topological polar surface area (TPSA) is 78.2 Å². The summed E-state index contributed by atoms with van der Waals surface area (Å²) >= 11 is 0. The molecular formula is C25H24N4O3. The summed E-state index contributed by atoms with van der Waals surface area (Å²) in [7, 11) is 1.62. The van der Waals surface area contributed by atoms with Gasteiger partial charge in [0, 0.05) is 23.7 Å². The molecule has 0 saturated heterocycles. The molecule has 1 aliphatic carbocycles. The number of nitrogens with one attached hydrogen (secondary N) is 1. The first-order chi connectivity index (χ1) is 15.7. The molecule has 1 N–H and O–H groups in total. The third-order valence-electron chi connectivity index (χ3n) is 5.77. The molecule has 0 aliphatic heterocycles. The summed E-state index contributed by atoms with van der Waals surface area (Å²) in [6.45, 7) is 0.615. The molecule has 4 aromatic rings.